The van der Waals surface area contributed by atoms with Crippen LogP contribution in [0.5, 0.6) is 17.2 Å². The molecule has 3 aromatic carbocycles. The van der Waals surface area contributed by atoms with Crippen molar-refractivity contribution in [2.45, 2.75) is 0 Å². The second-order valence-corrected chi connectivity index (χ2v) is 5.11. The van der Waals surface area contributed by atoms with Crippen molar-refractivity contribution in [2.24, 2.45) is 0 Å². The molecule has 112 valence electrons. The molecule has 0 spiro atoms. The largest absolute Gasteiger partial charge is 0.428 e. The molecule has 0 saturated heterocycles. The van der Waals surface area contributed by atoms with Crippen molar-refractivity contribution in [1.82, 2.24) is 0 Å². The fourth-order valence-electron chi connectivity index (χ4n) is 2.46. The Labute approximate surface area is 145 Å². The lowest BCUT2D eigenvalue weighted by atomic mass is 9.98. The molecule has 0 radical (unpaired) electrons. The smallest absolute Gasteiger partial charge is 0.153 e. The molecule has 3 aromatic rings. The predicted molar refractivity (Wildman–Crippen MR) is 98.2 cm³/mol. The van der Waals surface area contributed by atoms with Gasteiger partial charge in [-0.25, -0.2) is 0 Å². The molecule has 0 aliphatic heterocycles. The molecule has 22 heavy (non-hydrogen) atoms. The Kier molecular flexibility index (Phi) is 4.61. The number of para-hydroxylation sites is 1. The van der Waals surface area contributed by atoms with E-state index in [-0.39, 0.29) is 0 Å². The van der Waals surface area contributed by atoms with Gasteiger partial charge in [-0.05, 0) is 12.1 Å². The highest BCUT2D eigenvalue weighted by Gasteiger charge is 2.17. The number of fused-ring (bicyclic) bond motifs is 1. The molecule has 0 N–H and O–H groups in total. The van der Waals surface area contributed by atoms with Crippen LogP contribution in [0.2, 0.25) is 0 Å². The molecule has 0 amide bonds. The average Bonchev–Trinajstić information content (AvgIpc) is 2.60. The van der Waals surface area contributed by atoms with Crippen LogP contribution in [0.1, 0.15) is 0 Å². The van der Waals surface area contributed by atoms with Crippen molar-refractivity contribution in [1.29, 1.82) is 0 Å². The Bertz CT molecular complexity index is 821. The third-order valence-corrected chi connectivity index (χ3v) is 4.00. The molecule has 0 aliphatic rings. The minimum absolute atomic E-state index is 0.609. The summed E-state index contributed by atoms with van der Waals surface area (Å²) in [7, 11) is 0. The molecule has 0 fully saturated rings. The van der Waals surface area contributed by atoms with E-state index in [0.717, 1.165) is 21.9 Å². The molecular weight excluding hydrogens is 336 g/mol. The summed E-state index contributed by atoms with van der Waals surface area (Å²) in [6.45, 7) is 0. The summed E-state index contributed by atoms with van der Waals surface area (Å²) in [6, 6.07) is 17.1. The van der Waals surface area contributed by atoms with Gasteiger partial charge in [0, 0.05) is 60.6 Å². The molecule has 3 nitrogen and oxygen atoms in total. The normalized spacial score (nSPS) is 10.5. The Morgan fingerprint density at radius 2 is 1.23 bits per heavy atom. The zero-order valence-electron chi connectivity index (χ0n) is 11.3. The van der Waals surface area contributed by atoms with E-state index in [1.54, 1.807) is 0 Å². The SMILES string of the molecule is SOc1ccccc1-c1cc(OS)c2ccccc2c1OS. The number of hydrogen-bond donors (Lipinski definition) is 3. The summed E-state index contributed by atoms with van der Waals surface area (Å²) in [5.41, 5.74) is 1.60. The summed E-state index contributed by atoms with van der Waals surface area (Å²) in [4.78, 5) is 0. The lowest BCUT2D eigenvalue weighted by molar-refractivity contribution is 0.648. The lowest BCUT2D eigenvalue weighted by Gasteiger charge is -2.15. The Balaban J connectivity index is 2.38. The van der Waals surface area contributed by atoms with Gasteiger partial charge in [0.2, 0.25) is 0 Å². The van der Waals surface area contributed by atoms with E-state index in [4.69, 9.17) is 12.5 Å². The standard InChI is InChI=1S/C16H12O3S3/c20-17-14-8-4-3-6-11(14)13-9-15(18-21)10-5-1-2-7-12(10)16(13)19-22/h1-9,20-22H. The van der Waals surface area contributed by atoms with E-state index >= 15 is 0 Å². The maximum atomic E-state index is 5.35. The molecule has 0 aromatic heterocycles. The lowest BCUT2D eigenvalue weighted by Crippen LogP contribution is -1.91. The van der Waals surface area contributed by atoms with Gasteiger partial charge in [-0.15, -0.1) is 0 Å². The van der Waals surface area contributed by atoms with Crippen molar-refractivity contribution < 1.29 is 12.5 Å². The highest BCUT2D eigenvalue weighted by atomic mass is 32.1. The third kappa shape index (κ3) is 2.58. The highest BCUT2D eigenvalue weighted by molar-refractivity contribution is 7.75. The van der Waals surface area contributed by atoms with Crippen molar-refractivity contribution in [3.05, 3.63) is 54.6 Å². The second-order valence-electron chi connectivity index (χ2n) is 4.57. The monoisotopic (exact) mass is 348 g/mol. The first-order valence-electron chi connectivity index (χ1n) is 6.39. The minimum Gasteiger partial charge on any atom is -0.428 e. The van der Waals surface area contributed by atoms with Gasteiger partial charge in [-0.1, -0.05) is 42.5 Å². The zero-order chi connectivity index (χ0) is 15.5. The predicted octanol–water partition coefficient (Wildman–Crippen LogP) is 5.18. The second kappa shape index (κ2) is 6.64. The van der Waals surface area contributed by atoms with Crippen molar-refractivity contribution in [3.63, 3.8) is 0 Å². The summed E-state index contributed by atoms with van der Waals surface area (Å²) < 4.78 is 15.7. The Morgan fingerprint density at radius 3 is 1.91 bits per heavy atom. The van der Waals surface area contributed by atoms with Crippen LogP contribution in [0.15, 0.2) is 54.6 Å². The van der Waals surface area contributed by atoms with E-state index < -0.39 is 0 Å². The highest BCUT2D eigenvalue weighted by Crippen LogP contribution is 2.45. The molecule has 0 bridgehead atoms. The first kappa shape index (κ1) is 15.3. The molecule has 0 aliphatic carbocycles. The van der Waals surface area contributed by atoms with Crippen LogP contribution < -0.4 is 12.5 Å². The van der Waals surface area contributed by atoms with Crippen molar-refractivity contribution >= 4 is 49.5 Å². The molecule has 0 saturated carbocycles. The van der Waals surface area contributed by atoms with Crippen LogP contribution in [0.25, 0.3) is 21.9 Å². The Hall–Kier alpha value is -1.63. The van der Waals surface area contributed by atoms with Crippen LogP contribution in [-0.4, -0.2) is 0 Å². The van der Waals surface area contributed by atoms with Crippen LogP contribution >= 0.6 is 38.7 Å². The molecule has 0 atom stereocenters. The van der Waals surface area contributed by atoms with Gasteiger partial charge in [-0.3, -0.25) is 0 Å². The quantitative estimate of drug-likeness (QED) is 0.448. The molecular formula is C16H12O3S3. The van der Waals surface area contributed by atoms with Crippen LogP contribution in [0, 0.1) is 0 Å². The van der Waals surface area contributed by atoms with Gasteiger partial charge in [0.15, 0.2) is 5.75 Å². The summed E-state index contributed by atoms with van der Waals surface area (Å²) in [6.07, 6.45) is 0. The summed E-state index contributed by atoms with van der Waals surface area (Å²) in [5, 5.41) is 1.75. The maximum absolute atomic E-state index is 5.35. The molecule has 0 unspecified atom stereocenters. The van der Waals surface area contributed by atoms with E-state index in [9.17, 15) is 0 Å². The fraction of sp³-hybridized carbons (Fsp3) is 0. The van der Waals surface area contributed by atoms with Crippen LogP contribution in [-0.2, 0) is 0 Å². The molecule has 0 heterocycles. The van der Waals surface area contributed by atoms with E-state index in [1.807, 2.05) is 54.6 Å². The van der Waals surface area contributed by atoms with E-state index in [1.165, 1.54) is 0 Å². The minimum atomic E-state index is 0.609. The van der Waals surface area contributed by atoms with Crippen LogP contribution in [0.4, 0.5) is 0 Å². The van der Waals surface area contributed by atoms with Crippen LogP contribution in [0.3, 0.4) is 0 Å². The van der Waals surface area contributed by atoms with Gasteiger partial charge in [-0.2, -0.15) is 0 Å². The van der Waals surface area contributed by atoms with Crippen molar-refractivity contribution in [2.75, 3.05) is 0 Å². The summed E-state index contributed by atoms with van der Waals surface area (Å²) in [5.74, 6) is 1.85. The first-order valence-corrected chi connectivity index (χ1v) is 7.49. The molecule has 6 heteroatoms. The van der Waals surface area contributed by atoms with Gasteiger partial charge in [0.25, 0.3) is 0 Å². The fourth-order valence-corrected chi connectivity index (χ4v) is 2.97. The van der Waals surface area contributed by atoms with Crippen molar-refractivity contribution in [3.8, 4) is 28.4 Å². The van der Waals surface area contributed by atoms with Gasteiger partial charge >= 0.3 is 0 Å². The first-order chi connectivity index (χ1) is 10.8. The van der Waals surface area contributed by atoms with E-state index in [2.05, 4.69) is 38.7 Å². The average molecular weight is 348 g/mol. The number of benzene rings is 3. The Morgan fingerprint density at radius 1 is 0.591 bits per heavy atom. The summed E-state index contributed by atoms with van der Waals surface area (Å²) >= 11 is 11.9. The van der Waals surface area contributed by atoms with Gasteiger partial charge < -0.3 is 12.5 Å². The van der Waals surface area contributed by atoms with Gasteiger partial charge in [0.05, 0.1) is 0 Å². The number of rotatable bonds is 4. The topological polar surface area (TPSA) is 27.7 Å². The number of thiol groups is 3. The van der Waals surface area contributed by atoms with E-state index in [0.29, 0.717) is 17.2 Å². The number of hydrogen-bond acceptors (Lipinski definition) is 6. The maximum Gasteiger partial charge on any atom is 0.153 e. The zero-order valence-corrected chi connectivity index (χ0v) is 13.9. The van der Waals surface area contributed by atoms with Gasteiger partial charge in [0.1, 0.15) is 11.5 Å². The third-order valence-electron chi connectivity index (χ3n) is 3.42. The molecule has 3 rings (SSSR count).